The van der Waals surface area contributed by atoms with Crippen LogP contribution >= 0.6 is 11.3 Å². The van der Waals surface area contributed by atoms with Crippen LogP contribution in [0.25, 0.3) is 54.8 Å². The van der Waals surface area contributed by atoms with Crippen molar-refractivity contribution in [2.75, 3.05) is 26.9 Å². The Morgan fingerprint density at radius 3 is 2.84 bits per heavy atom. The van der Waals surface area contributed by atoms with Gasteiger partial charge in [-0.2, -0.15) is 10.2 Å². The first-order valence-electron chi connectivity index (χ1n) is 14.3. The Hall–Kier alpha value is -4.94. The molecule has 0 saturated heterocycles. The van der Waals surface area contributed by atoms with Crippen LogP contribution < -0.4 is 4.74 Å². The molecule has 0 spiro atoms. The highest BCUT2D eigenvalue weighted by Crippen LogP contribution is 2.47. The van der Waals surface area contributed by atoms with Gasteiger partial charge in [-0.3, -0.25) is 14.6 Å². The van der Waals surface area contributed by atoms with Crippen LogP contribution in [0, 0.1) is 11.6 Å². The predicted molar refractivity (Wildman–Crippen MR) is 169 cm³/mol. The zero-order chi connectivity index (χ0) is 31.2. The normalized spacial score (nSPS) is 14.7. The summed E-state index contributed by atoms with van der Waals surface area (Å²) in [5.41, 5.74) is 4.58. The van der Waals surface area contributed by atoms with Gasteiger partial charge in [-0.15, -0.1) is 11.3 Å². The predicted octanol–water partition coefficient (Wildman–Crippen LogP) is 6.76. The third-order valence-corrected chi connectivity index (χ3v) is 8.87. The number of benzene rings is 2. The van der Waals surface area contributed by atoms with Crippen molar-refractivity contribution >= 4 is 38.2 Å². The molecule has 2 aromatic carbocycles. The zero-order valence-electron chi connectivity index (χ0n) is 24.5. The van der Waals surface area contributed by atoms with Crippen molar-refractivity contribution in [1.29, 1.82) is 0 Å². The molecule has 0 saturated carbocycles. The molecule has 0 aliphatic carbocycles. The maximum atomic E-state index is 16.0. The smallest absolute Gasteiger partial charge is 0.246 e. The lowest BCUT2D eigenvalue weighted by Crippen LogP contribution is -2.39. The zero-order valence-corrected chi connectivity index (χ0v) is 25.3. The number of nitrogens with one attached hydrogen (secondary N) is 1. The van der Waals surface area contributed by atoms with Crippen molar-refractivity contribution in [2.24, 2.45) is 0 Å². The van der Waals surface area contributed by atoms with Gasteiger partial charge in [0.15, 0.2) is 0 Å². The van der Waals surface area contributed by atoms with Crippen molar-refractivity contribution in [3.8, 4) is 39.5 Å². The minimum Gasteiger partial charge on any atom is -0.490 e. The van der Waals surface area contributed by atoms with E-state index < -0.39 is 11.6 Å². The Morgan fingerprint density at radius 2 is 2.02 bits per heavy atom. The molecule has 45 heavy (non-hydrogen) atoms. The van der Waals surface area contributed by atoms with Gasteiger partial charge in [0.25, 0.3) is 0 Å². The first-order valence-corrected chi connectivity index (χ1v) is 15.2. The summed E-state index contributed by atoms with van der Waals surface area (Å²) in [6.45, 7) is 6.73. The minimum absolute atomic E-state index is 0.0361. The molecule has 0 radical (unpaired) electrons. The summed E-state index contributed by atoms with van der Waals surface area (Å²) < 4.78 is 44.2. The van der Waals surface area contributed by atoms with Crippen LogP contribution in [-0.2, 0) is 16.1 Å². The van der Waals surface area contributed by atoms with Gasteiger partial charge in [0.05, 0.1) is 47.9 Å². The lowest BCUT2D eigenvalue weighted by Gasteiger charge is -2.31. The highest BCUT2D eigenvalue weighted by molar-refractivity contribution is 7.18. The van der Waals surface area contributed by atoms with Crippen LogP contribution in [0.1, 0.15) is 18.7 Å². The molecule has 1 aliphatic heterocycles. The quantitative estimate of drug-likeness (QED) is 0.148. The monoisotopic (exact) mass is 626 g/mol. The number of amides is 1. The Balaban J connectivity index is 1.50. The molecule has 1 amide bonds. The van der Waals surface area contributed by atoms with E-state index in [1.54, 1.807) is 11.1 Å². The average Bonchev–Trinajstić information content (AvgIpc) is 3.80. The van der Waals surface area contributed by atoms with Crippen LogP contribution in [0.4, 0.5) is 8.78 Å². The number of aromatic amines is 1. The Kier molecular flexibility index (Phi) is 7.38. The Morgan fingerprint density at radius 1 is 1.16 bits per heavy atom. The number of carbonyl (C=O) groups excluding carboxylic acids is 1. The number of aromatic nitrogens is 5. The van der Waals surface area contributed by atoms with E-state index in [4.69, 9.17) is 19.6 Å². The van der Waals surface area contributed by atoms with Crippen molar-refractivity contribution in [3.05, 3.63) is 84.0 Å². The molecule has 4 aromatic heterocycles. The number of halogens is 2. The molecular formula is C33H28F2N6O3S. The first-order chi connectivity index (χ1) is 21.9. The second kappa shape index (κ2) is 11.5. The summed E-state index contributed by atoms with van der Waals surface area (Å²) in [6, 6.07) is 11.6. The summed E-state index contributed by atoms with van der Waals surface area (Å²) in [7, 11) is 1.53. The first kappa shape index (κ1) is 28.8. The van der Waals surface area contributed by atoms with Gasteiger partial charge in [0, 0.05) is 52.4 Å². The molecule has 6 aromatic rings. The van der Waals surface area contributed by atoms with Gasteiger partial charge in [0.1, 0.15) is 35.4 Å². The van der Waals surface area contributed by atoms with Gasteiger partial charge < -0.3 is 14.4 Å². The number of hydrogen-bond donors (Lipinski definition) is 1. The van der Waals surface area contributed by atoms with E-state index in [1.807, 2.05) is 47.3 Å². The van der Waals surface area contributed by atoms with Crippen molar-refractivity contribution in [2.45, 2.75) is 19.5 Å². The average molecular weight is 627 g/mol. The summed E-state index contributed by atoms with van der Waals surface area (Å²) in [5.74, 6) is -1.68. The molecule has 1 N–H and O–H groups in total. The molecule has 228 valence electrons. The second-order valence-electron chi connectivity index (χ2n) is 10.9. The van der Waals surface area contributed by atoms with Gasteiger partial charge in [-0.25, -0.2) is 13.8 Å². The summed E-state index contributed by atoms with van der Waals surface area (Å²) in [5, 5.41) is 15.8. The van der Waals surface area contributed by atoms with Crippen LogP contribution in [0.5, 0.6) is 5.75 Å². The highest BCUT2D eigenvalue weighted by Gasteiger charge is 2.30. The molecule has 0 bridgehead atoms. The van der Waals surface area contributed by atoms with Crippen LogP contribution in [0.15, 0.2) is 66.7 Å². The molecule has 12 heteroatoms. The number of rotatable bonds is 8. The number of carbonyl (C=O) groups is 1. The number of methoxy groups -OCH3 is 1. The molecule has 1 aliphatic rings. The molecule has 7 rings (SSSR count). The number of fused-ring (bicyclic) bond motifs is 3. The lowest BCUT2D eigenvalue weighted by atomic mass is 9.96. The summed E-state index contributed by atoms with van der Waals surface area (Å²) >= 11 is 1.43. The summed E-state index contributed by atoms with van der Waals surface area (Å²) in [4.78, 5) is 19.4. The van der Waals surface area contributed by atoms with Crippen molar-refractivity contribution in [3.63, 3.8) is 0 Å². The largest absolute Gasteiger partial charge is 0.490 e. The molecule has 5 heterocycles. The van der Waals surface area contributed by atoms with Gasteiger partial charge in [-0.1, -0.05) is 18.7 Å². The fourth-order valence-corrected chi connectivity index (χ4v) is 6.84. The fraction of sp³-hybridized carbons (Fsp3) is 0.212. The van der Waals surface area contributed by atoms with E-state index >= 15 is 4.39 Å². The summed E-state index contributed by atoms with van der Waals surface area (Å²) in [6.07, 6.45) is 3.05. The van der Waals surface area contributed by atoms with Crippen LogP contribution in [-0.4, -0.2) is 62.6 Å². The Bertz CT molecular complexity index is 2100. The maximum absolute atomic E-state index is 16.0. The van der Waals surface area contributed by atoms with E-state index in [0.717, 1.165) is 38.3 Å². The number of nitrogens with zero attached hydrogens (tertiary/aromatic N) is 5. The van der Waals surface area contributed by atoms with Crippen molar-refractivity contribution < 1.29 is 23.0 Å². The third-order valence-electron chi connectivity index (χ3n) is 7.93. The lowest BCUT2D eigenvalue weighted by molar-refractivity contribution is -0.127. The fourth-order valence-electron chi connectivity index (χ4n) is 5.89. The topological polar surface area (TPSA) is 98.2 Å². The molecule has 0 fully saturated rings. The highest BCUT2D eigenvalue weighted by atomic mass is 32.1. The minimum atomic E-state index is -0.785. The van der Waals surface area contributed by atoms with Gasteiger partial charge in [0.2, 0.25) is 5.91 Å². The van der Waals surface area contributed by atoms with E-state index in [-0.39, 0.29) is 36.5 Å². The maximum Gasteiger partial charge on any atom is 0.246 e. The standard InChI is InChI=1S/C33H28F2N6O3S/c1-4-28(42)40-16-18(2)41-22(17-40)14-26(39-41)32-30(29-24(35)12-21(34)13-27(29)44-9-8-43-3)33-23(7-10-45-33)31(37-32)19-5-6-20-15-36-38-25(20)11-19/h4-7,10-15,18H,1,8-9,16-17H2,2-3H3,(H,36,38)/t18-/m0/s1. The SMILES string of the molecule is C=CC(=O)N1Cc2cc(-c3nc(-c4ccc5cn[nH]c5c4)c4ccsc4c3-c3c(F)cc(F)cc3OCCOC)nn2[C@@H](C)C1. The number of H-pyrrole nitrogens is 1. The Labute approximate surface area is 260 Å². The van der Waals surface area contributed by atoms with E-state index in [0.29, 0.717) is 35.7 Å². The van der Waals surface area contributed by atoms with Crippen LogP contribution in [0.3, 0.4) is 0 Å². The molecule has 1 atom stereocenters. The molecular weight excluding hydrogens is 598 g/mol. The van der Waals surface area contributed by atoms with Gasteiger partial charge in [-0.05, 0) is 36.6 Å². The number of hydrogen-bond acceptors (Lipinski definition) is 7. The number of pyridine rings is 1. The molecule has 0 unspecified atom stereocenters. The van der Waals surface area contributed by atoms with E-state index in [2.05, 4.69) is 16.8 Å². The second-order valence-corrected chi connectivity index (χ2v) is 11.8. The molecule has 9 nitrogen and oxygen atoms in total. The number of ether oxygens (including phenoxy) is 2. The number of thiophene rings is 1. The van der Waals surface area contributed by atoms with Crippen LogP contribution in [0.2, 0.25) is 0 Å². The van der Waals surface area contributed by atoms with E-state index in [9.17, 15) is 9.18 Å². The van der Waals surface area contributed by atoms with Crippen molar-refractivity contribution in [1.82, 2.24) is 29.9 Å². The third kappa shape index (κ3) is 5.05. The van der Waals surface area contributed by atoms with E-state index in [1.165, 1.54) is 30.6 Å². The van der Waals surface area contributed by atoms with Gasteiger partial charge >= 0.3 is 0 Å².